The highest BCUT2D eigenvalue weighted by Gasteiger charge is 2.53. The van der Waals surface area contributed by atoms with E-state index < -0.39 is 22.3 Å². The first kappa shape index (κ1) is 11.0. The summed E-state index contributed by atoms with van der Waals surface area (Å²) in [6.07, 6.45) is 0.405. The number of aliphatic hydroxyl groups excluding tert-OH is 1. The molecule has 1 fully saturated rings. The van der Waals surface area contributed by atoms with Gasteiger partial charge >= 0.3 is 0 Å². The van der Waals surface area contributed by atoms with Crippen LogP contribution < -0.4 is 0 Å². The smallest absolute Gasteiger partial charge is 0.276 e. The second kappa shape index (κ2) is 3.52. The number of nitro benzene ring substituents is 1. The highest BCUT2D eigenvalue weighted by Crippen LogP contribution is 2.54. The molecular formula is C11H12FNO3. The van der Waals surface area contributed by atoms with Crippen molar-refractivity contribution in [2.75, 3.05) is 0 Å². The second-order valence-corrected chi connectivity index (χ2v) is 4.22. The van der Waals surface area contributed by atoms with Crippen LogP contribution in [0.5, 0.6) is 0 Å². The lowest BCUT2D eigenvalue weighted by atomic mass is 9.89. The molecule has 1 aliphatic rings. The van der Waals surface area contributed by atoms with Crippen molar-refractivity contribution >= 4 is 5.69 Å². The predicted octanol–water partition coefficient (Wildman–Crippen LogP) is 2.15. The van der Waals surface area contributed by atoms with E-state index in [1.54, 1.807) is 6.92 Å². The summed E-state index contributed by atoms with van der Waals surface area (Å²) in [5.74, 6) is -0.604. The van der Waals surface area contributed by atoms with Gasteiger partial charge in [0.1, 0.15) is 5.82 Å². The van der Waals surface area contributed by atoms with E-state index in [0.717, 1.165) is 0 Å². The maximum absolute atomic E-state index is 13.7. The predicted molar refractivity (Wildman–Crippen MR) is 55.6 cm³/mol. The van der Waals surface area contributed by atoms with Gasteiger partial charge in [0.2, 0.25) is 0 Å². The standard InChI is InChI=1S/C11H12FNO3/c1-7(14)11(5-6-11)10-8(12)3-2-4-9(10)13(15)16/h2-4,7,14H,5-6H2,1H3. The van der Waals surface area contributed by atoms with Gasteiger partial charge in [-0.1, -0.05) is 6.07 Å². The highest BCUT2D eigenvalue weighted by molar-refractivity contribution is 5.49. The van der Waals surface area contributed by atoms with Gasteiger partial charge < -0.3 is 5.11 Å². The first-order chi connectivity index (χ1) is 7.49. The fraction of sp³-hybridized carbons (Fsp3) is 0.455. The Kier molecular flexibility index (Phi) is 2.42. The van der Waals surface area contributed by atoms with Crippen LogP contribution in [0.1, 0.15) is 25.3 Å². The summed E-state index contributed by atoms with van der Waals surface area (Å²) in [6, 6.07) is 3.79. The summed E-state index contributed by atoms with van der Waals surface area (Å²) >= 11 is 0. The number of aliphatic hydroxyl groups is 1. The molecular weight excluding hydrogens is 213 g/mol. The molecule has 0 aromatic heterocycles. The van der Waals surface area contributed by atoms with E-state index in [9.17, 15) is 19.6 Å². The first-order valence-corrected chi connectivity index (χ1v) is 5.10. The Morgan fingerprint density at radius 3 is 2.62 bits per heavy atom. The minimum atomic E-state index is -0.775. The van der Waals surface area contributed by atoms with Crippen molar-refractivity contribution in [3.8, 4) is 0 Å². The van der Waals surface area contributed by atoms with Gasteiger partial charge in [0.15, 0.2) is 0 Å². The van der Waals surface area contributed by atoms with E-state index >= 15 is 0 Å². The molecule has 86 valence electrons. The van der Waals surface area contributed by atoms with E-state index in [-0.39, 0.29) is 11.3 Å². The normalized spacial score (nSPS) is 19.2. The van der Waals surface area contributed by atoms with Crippen molar-refractivity contribution in [1.82, 2.24) is 0 Å². The molecule has 1 atom stereocenters. The highest BCUT2D eigenvalue weighted by atomic mass is 19.1. The van der Waals surface area contributed by atoms with Gasteiger partial charge in [-0.3, -0.25) is 10.1 Å². The first-order valence-electron chi connectivity index (χ1n) is 5.10. The number of halogens is 1. The minimum absolute atomic E-state index is 0.0509. The Morgan fingerprint density at radius 2 is 2.19 bits per heavy atom. The molecule has 0 heterocycles. The van der Waals surface area contributed by atoms with Crippen LogP contribution >= 0.6 is 0 Å². The van der Waals surface area contributed by atoms with E-state index in [2.05, 4.69) is 0 Å². The van der Waals surface area contributed by atoms with Gasteiger partial charge in [0.25, 0.3) is 5.69 Å². The molecule has 0 spiro atoms. The van der Waals surface area contributed by atoms with Crippen molar-refractivity contribution in [2.45, 2.75) is 31.3 Å². The number of hydrogen-bond donors (Lipinski definition) is 1. The maximum atomic E-state index is 13.7. The Balaban J connectivity index is 2.59. The third kappa shape index (κ3) is 1.48. The lowest BCUT2D eigenvalue weighted by Gasteiger charge is -2.19. The topological polar surface area (TPSA) is 63.4 Å². The quantitative estimate of drug-likeness (QED) is 0.633. The molecule has 0 aliphatic heterocycles. The molecule has 5 heteroatoms. The molecule has 1 unspecified atom stereocenters. The van der Waals surface area contributed by atoms with Gasteiger partial charge in [-0.2, -0.15) is 0 Å². The molecule has 1 aromatic carbocycles. The number of rotatable bonds is 3. The molecule has 2 rings (SSSR count). The summed E-state index contributed by atoms with van der Waals surface area (Å²) in [6.45, 7) is 1.54. The molecule has 4 nitrogen and oxygen atoms in total. The zero-order valence-electron chi connectivity index (χ0n) is 8.81. The summed E-state index contributed by atoms with van der Waals surface area (Å²) in [7, 11) is 0. The number of hydrogen-bond acceptors (Lipinski definition) is 3. The molecule has 16 heavy (non-hydrogen) atoms. The van der Waals surface area contributed by atoms with Crippen LogP contribution in [0.4, 0.5) is 10.1 Å². The van der Waals surface area contributed by atoms with Gasteiger partial charge in [-0.25, -0.2) is 4.39 Å². The average molecular weight is 225 g/mol. The van der Waals surface area contributed by atoms with Crippen LogP contribution in [-0.4, -0.2) is 16.1 Å². The lowest BCUT2D eigenvalue weighted by molar-refractivity contribution is -0.386. The molecule has 0 radical (unpaired) electrons. The Bertz CT molecular complexity index is 441. The van der Waals surface area contributed by atoms with Crippen molar-refractivity contribution < 1.29 is 14.4 Å². The second-order valence-electron chi connectivity index (χ2n) is 4.22. The molecule has 1 aromatic rings. The Morgan fingerprint density at radius 1 is 1.56 bits per heavy atom. The molecule has 1 aliphatic carbocycles. The fourth-order valence-corrected chi connectivity index (χ4v) is 2.17. The molecule has 0 saturated heterocycles. The van der Waals surface area contributed by atoms with Crippen molar-refractivity contribution in [3.05, 3.63) is 39.7 Å². The van der Waals surface area contributed by atoms with Gasteiger partial charge in [0.05, 0.1) is 16.6 Å². The van der Waals surface area contributed by atoms with E-state index in [4.69, 9.17) is 0 Å². The molecule has 0 amide bonds. The third-order valence-corrected chi connectivity index (χ3v) is 3.27. The Labute approximate surface area is 91.9 Å². The minimum Gasteiger partial charge on any atom is -0.392 e. The van der Waals surface area contributed by atoms with Crippen LogP contribution in [0.3, 0.4) is 0 Å². The number of nitrogens with zero attached hydrogens (tertiary/aromatic N) is 1. The van der Waals surface area contributed by atoms with Crippen LogP contribution in [0.25, 0.3) is 0 Å². The molecule has 0 bridgehead atoms. The molecule has 1 N–H and O–H groups in total. The fourth-order valence-electron chi connectivity index (χ4n) is 2.17. The van der Waals surface area contributed by atoms with Crippen LogP contribution in [0.2, 0.25) is 0 Å². The van der Waals surface area contributed by atoms with Crippen molar-refractivity contribution in [3.63, 3.8) is 0 Å². The van der Waals surface area contributed by atoms with Gasteiger partial charge in [-0.15, -0.1) is 0 Å². The summed E-state index contributed by atoms with van der Waals surface area (Å²) in [5, 5.41) is 20.5. The zero-order chi connectivity index (χ0) is 11.9. The van der Waals surface area contributed by atoms with Crippen molar-refractivity contribution in [1.29, 1.82) is 0 Å². The maximum Gasteiger partial charge on any atom is 0.276 e. The number of nitro groups is 1. The summed E-state index contributed by atoms with van der Waals surface area (Å²) in [5.41, 5.74) is -0.943. The average Bonchev–Trinajstić information content (AvgIpc) is 2.98. The van der Waals surface area contributed by atoms with Crippen LogP contribution in [-0.2, 0) is 5.41 Å². The molecule has 1 saturated carbocycles. The van der Waals surface area contributed by atoms with Gasteiger partial charge in [-0.05, 0) is 25.8 Å². The van der Waals surface area contributed by atoms with E-state index in [0.29, 0.717) is 12.8 Å². The SMILES string of the molecule is CC(O)C1(c2c(F)cccc2[N+](=O)[O-])CC1. The summed E-state index contributed by atoms with van der Waals surface area (Å²) < 4.78 is 13.7. The Hall–Kier alpha value is -1.49. The number of benzene rings is 1. The zero-order valence-corrected chi connectivity index (χ0v) is 8.81. The monoisotopic (exact) mass is 225 g/mol. The largest absolute Gasteiger partial charge is 0.392 e. The summed E-state index contributed by atoms with van der Waals surface area (Å²) in [4.78, 5) is 10.2. The third-order valence-electron chi connectivity index (χ3n) is 3.27. The van der Waals surface area contributed by atoms with E-state index in [1.165, 1.54) is 18.2 Å². The van der Waals surface area contributed by atoms with Crippen LogP contribution in [0.15, 0.2) is 18.2 Å². The van der Waals surface area contributed by atoms with Gasteiger partial charge in [0, 0.05) is 11.5 Å². The van der Waals surface area contributed by atoms with Crippen LogP contribution in [0, 0.1) is 15.9 Å². The van der Waals surface area contributed by atoms with E-state index in [1.807, 2.05) is 0 Å². The lowest BCUT2D eigenvalue weighted by Crippen LogP contribution is -2.25. The van der Waals surface area contributed by atoms with Crippen molar-refractivity contribution in [2.24, 2.45) is 0 Å².